The van der Waals surface area contributed by atoms with Crippen LogP contribution in [0.5, 0.6) is 0 Å². The van der Waals surface area contributed by atoms with E-state index in [1.165, 1.54) is 25.5 Å². The standard InChI is InChI=1S/C13H26N4O2S/c1-20(18,19)17-8-3-2-7-12(17)10-16-13(14)15-9-11-5-4-6-11/h11-12H,2-10H2,1H3,(H3,14,15,16). The van der Waals surface area contributed by atoms with Crippen LogP contribution in [-0.2, 0) is 10.0 Å². The van der Waals surface area contributed by atoms with Crippen molar-refractivity contribution in [1.29, 1.82) is 0 Å². The zero-order valence-electron chi connectivity index (χ0n) is 12.2. The average Bonchev–Trinajstić information content (AvgIpc) is 2.34. The molecule has 7 heteroatoms. The SMILES string of the molecule is CS(=O)(=O)N1CCCCC1CNC(N)=NCC1CCC1. The van der Waals surface area contributed by atoms with Crippen LogP contribution in [0.2, 0.25) is 0 Å². The van der Waals surface area contributed by atoms with E-state index in [1.807, 2.05) is 0 Å². The van der Waals surface area contributed by atoms with Crippen molar-refractivity contribution in [3.8, 4) is 0 Å². The highest BCUT2D eigenvalue weighted by Crippen LogP contribution is 2.26. The Kier molecular flexibility index (Phi) is 5.26. The summed E-state index contributed by atoms with van der Waals surface area (Å²) in [5.41, 5.74) is 5.84. The summed E-state index contributed by atoms with van der Waals surface area (Å²) in [5.74, 6) is 1.13. The van der Waals surface area contributed by atoms with E-state index < -0.39 is 10.0 Å². The summed E-state index contributed by atoms with van der Waals surface area (Å²) >= 11 is 0. The summed E-state index contributed by atoms with van der Waals surface area (Å²) in [6, 6.07) is -0.00352. The first-order valence-electron chi connectivity index (χ1n) is 7.47. The Morgan fingerprint density at radius 1 is 1.30 bits per heavy atom. The fraction of sp³-hybridized carbons (Fsp3) is 0.923. The molecule has 1 saturated carbocycles. The molecule has 2 rings (SSSR count). The molecule has 3 N–H and O–H groups in total. The summed E-state index contributed by atoms with van der Waals surface area (Å²) in [4.78, 5) is 4.33. The number of piperidine rings is 1. The highest BCUT2D eigenvalue weighted by Gasteiger charge is 2.29. The number of hydrogen-bond acceptors (Lipinski definition) is 3. The molecular formula is C13H26N4O2S. The summed E-state index contributed by atoms with van der Waals surface area (Å²) in [5, 5.41) is 3.08. The molecule has 1 heterocycles. The number of aliphatic imine (C=N–C) groups is 1. The van der Waals surface area contributed by atoms with Crippen LogP contribution in [0.1, 0.15) is 38.5 Å². The number of guanidine groups is 1. The Hall–Kier alpha value is -0.820. The Bertz CT molecular complexity index is 445. The van der Waals surface area contributed by atoms with Gasteiger partial charge in [-0.3, -0.25) is 4.99 Å². The van der Waals surface area contributed by atoms with Gasteiger partial charge >= 0.3 is 0 Å². The predicted octanol–water partition coefficient (Wildman–Crippen LogP) is 0.505. The Labute approximate surface area is 121 Å². The lowest BCUT2D eigenvalue weighted by atomic mass is 9.86. The Balaban J connectivity index is 1.81. The second-order valence-electron chi connectivity index (χ2n) is 5.93. The quantitative estimate of drug-likeness (QED) is 0.572. The van der Waals surface area contributed by atoms with E-state index in [0.29, 0.717) is 25.0 Å². The zero-order valence-corrected chi connectivity index (χ0v) is 13.0. The molecule has 0 bridgehead atoms. The lowest BCUT2D eigenvalue weighted by Crippen LogP contribution is -2.50. The molecule has 2 aliphatic rings. The van der Waals surface area contributed by atoms with Gasteiger partial charge in [0.2, 0.25) is 10.0 Å². The van der Waals surface area contributed by atoms with Crippen molar-refractivity contribution in [2.24, 2.45) is 16.6 Å². The van der Waals surface area contributed by atoms with Crippen molar-refractivity contribution in [3.63, 3.8) is 0 Å². The number of sulfonamides is 1. The van der Waals surface area contributed by atoms with Crippen molar-refractivity contribution in [1.82, 2.24) is 9.62 Å². The second kappa shape index (κ2) is 6.76. The van der Waals surface area contributed by atoms with Crippen LogP contribution in [0.4, 0.5) is 0 Å². The summed E-state index contributed by atoms with van der Waals surface area (Å²) in [6.45, 7) is 1.96. The molecule has 0 aromatic carbocycles. The molecule has 116 valence electrons. The summed E-state index contributed by atoms with van der Waals surface area (Å²) < 4.78 is 25.1. The minimum Gasteiger partial charge on any atom is -0.370 e. The maximum absolute atomic E-state index is 11.7. The lowest BCUT2D eigenvalue weighted by molar-refractivity contribution is 0.253. The topological polar surface area (TPSA) is 87.8 Å². The van der Waals surface area contributed by atoms with Gasteiger partial charge in [-0.2, -0.15) is 4.31 Å². The molecule has 6 nitrogen and oxygen atoms in total. The molecule has 1 atom stereocenters. The second-order valence-corrected chi connectivity index (χ2v) is 7.86. The van der Waals surface area contributed by atoms with E-state index in [4.69, 9.17) is 5.73 Å². The molecule has 0 spiro atoms. The first kappa shape index (κ1) is 15.6. The first-order valence-corrected chi connectivity index (χ1v) is 9.32. The van der Waals surface area contributed by atoms with Gasteiger partial charge in [-0.15, -0.1) is 0 Å². The van der Waals surface area contributed by atoms with Crippen molar-refractivity contribution < 1.29 is 8.42 Å². The molecule has 2 fully saturated rings. The number of nitrogens with zero attached hydrogens (tertiary/aromatic N) is 2. The summed E-state index contributed by atoms with van der Waals surface area (Å²) in [7, 11) is -3.13. The van der Waals surface area contributed by atoms with Crippen LogP contribution in [0.3, 0.4) is 0 Å². The molecule has 0 radical (unpaired) electrons. The van der Waals surface area contributed by atoms with Crippen molar-refractivity contribution in [3.05, 3.63) is 0 Å². The van der Waals surface area contributed by atoms with Gasteiger partial charge in [-0.1, -0.05) is 12.8 Å². The molecule has 0 amide bonds. The van der Waals surface area contributed by atoms with E-state index in [9.17, 15) is 8.42 Å². The van der Waals surface area contributed by atoms with Crippen molar-refractivity contribution >= 4 is 16.0 Å². The van der Waals surface area contributed by atoms with Crippen LogP contribution in [-0.4, -0.2) is 50.6 Å². The number of nitrogens with one attached hydrogen (secondary N) is 1. The maximum Gasteiger partial charge on any atom is 0.211 e. The molecule has 1 unspecified atom stereocenters. The third kappa shape index (κ3) is 4.34. The molecule has 0 aromatic heterocycles. The molecule has 1 aliphatic heterocycles. The molecule has 0 aromatic rings. The number of hydrogen-bond donors (Lipinski definition) is 2. The lowest BCUT2D eigenvalue weighted by Gasteiger charge is -2.33. The monoisotopic (exact) mass is 302 g/mol. The molecule has 1 saturated heterocycles. The fourth-order valence-electron chi connectivity index (χ4n) is 2.80. The predicted molar refractivity (Wildman–Crippen MR) is 81.0 cm³/mol. The van der Waals surface area contributed by atoms with Gasteiger partial charge in [0, 0.05) is 25.7 Å². The van der Waals surface area contributed by atoms with Crippen molar-refractivity contribution in [2.45, 2.75) is 44.6 Å². The van der Waals surface area contributed by atoms with Gasteiger partial charge in [0.05, 0.1) is 6.26 Å². The van der Waals surface area contributed by atoms with Crippen LogP contribution < -0.4 is 11.1 Å². The smallest absolute Gasteiger partial charge is 0.211 e. The minimum absolute atomic E-state index is 0.00352. The molecular weight excluding hydrogens is 276 g/mol. The highest BCUT2D eigenvalue weighted by atomic mass is 32.2. The van der Waals surface area contributed by atoms with Gasteiger partial charge in [0.1, 0.15) is 0 Å². The van der Waals surface area contributed by atoms with Gasteiger partial charge in [-0.05, 0) is 31.6 Å². The summed E-state index contributed by atoms with van der Waals surface area (Å²) in [6.07, 6.45) is 7.98. The first-order chi connectivity index (χ1) is 9.47. The van der Waals surface area contributed by atoms with Crippen molar-refractivity contribution in [2.75, 3.05) is 25.9 Å². The number of nitrogens with two attached hydrogens (primary N) is 1. The van der Waals surface area contributed by atoms with Crippen LogP contribution in [0.15, 0.2) is 4.99 Å². The van der Waals surface area contributed by atoms with E-state index >= 15 is 0 Å². The normalized spacial score (nSPS) is 26.2. The Morgan fingerprint density at radius 2 is 2.05 bits per heavy atom. The Morgan fingerprint density at radius 3 is 2.65 bits per heavy atom. The largest absolute Gasteiger partial charge is 0.370 e. The highest BCUT2D eigenvalue weighted by molar-refractivity contribution is 7.88. The zero-order chi connectivity index (χ0) is 14.6. The van der Waals surface area contributed by atoms with Gasteiger partial charge in [0.15, 0.2) is 5.96 Å². The molecule has 1 aliphatic carbocycles. The van der Waals surface area contributed by atoms with E-state index in [2.05, 4.69) is 10.3 Å². The van der Waals surface area contributed by atoms with Crippen LogP contribution in [0.25, 0.3) is 0 Å². The third-order valence-corrected chi connectivity index (χ3v) is 5.60. The van der Waals surface area contributed by atoms with Gasteiger partial charge < -0.3 is 11.1 Å². The van der Waals surface area contributed by atoms with Gasteiger partial charge in [-0.25, -0.2) is 8.42 Å². The van der Waals surface area contributed by atoms with E-state index in [-0.39, 0.29) is 6.04 Å². The third-order valence-electron chi connectivity index (χ3n) is 4.26. The van der Waals surface area contributed by atoms with Gasteiger partial charge in [0.25, 0.3) is 0 Å². The average molecular weight is 302 g/mol. The molecule has 20 heavy (non-hydrogen) atoms. The van der Waals surface area contributed by atoms with E-state index in [1.54, 1.807) is 4.31 Å². The number of rotatable bonds is 5. The fourth-order valence-corrected chi connectivity index (χ4v) is 3.98. The minimum atomic E-state index is -3.13. The maximum atomic E-state index is 11.7. The van der Waals surface area contributed by atoms with Crippen LogP contribution >= 0.6 is 0 Å². The van der Waals surface area contributed by atoms with E-state index in [0.717, 1.165) is 25.8 Å². The van der Waals surface area contributed by atoms with Crippen LogP contribution in [0, 0.1) is 5.92 Å².